The van der Waals surface area contributed by atoms with Crippen molar-refractivity contribution < 1.29 is 8.94 Å². The predicted molar refractivity (Wildman–Crippen MR) is 80.5 cm³/mol. The van der Waals surface area contributed by atoms with E-state index in [4.69, 9.17) is 0 Å². The van der Waals surface area contributed by atoms with Crippen LogP contribution < -0.4 is 0 Å². The Kier molecular flexibility index (Phi) is 3.72. The first-order valence-corrected chi connectivity index (χ1v) is 7.66. The van der Waals surface area contributed by atoms with E-state index in [9.17, 15) is 8.94 Å². The molecule has 1 unspecified atom stereocenters. The Labute approximate surface area is 120 Å². The standard InChI is InChI=1S/C17H13FOS/c18-17-8-4-3-7-15(17)12-20(19)16-10-9-13-5-1-2-6-14(13)11-16/h1-11H,12H2. The van der Waals surface area contributed by atoms with Gasteiger partial charge in [0.25, 0.3) is 0 Å². The largest absolute Gasteiger partial charge is 0.611 e. The Bertz CT molecular complexity index is 742. The van der Waals surface area contributed by atoms with Crippen LogP contribution in [-0.2, 0) is 16.9 Å². The van der Waals surface area contributed by atoms with Gasteiger partial charge in [-0.1, -0.05) is 42.5 Å². The fourth-order valence-electron chi connectivity index (χ4n) is 2.15. The summed E-state index contributed by atoms with van der Waals surface area (Å²) in [6.45, 7) is 0. The SMILES string of the molecule is [O-][S+](Cc1ccccc1F)c1ccc2ccccc2c1. The molecule has 0 spiro atoms. The van der Waals surface area contributed by atoms with Gasteiger partial charge < -0.3 is 4.55 Å². The zero-order valence-corrected chi connectivity index (χ0v) is 11.6. The summed E-state index contributed by atoms with van der Waals surface area (Å²) in [4.78, 5) is 0.729. The molecule has 20 heavy (non-hydrogen) atoms. The molecule has 0 aliphatic rings. The van der Waals surface area contributed by atoms with Crippen LogP contribution in [0.15, 0.2) is 71.6 Å². The number of benzene rings is 3. The monoisotopic (exact) mass is 284 g/mol. The third kappa shape index (κ3) is 2.69. The quantitative estimate of drug-likeness (QED) is 0.658. The normalized spacial score (nSPS) is 12.5. The highest BCUT2D eigenvalue weighted by Gasteiger charge is 2.14. The highest BCUT2D eigenvalue weighted by molar-refractivity contribution is 7.90. The van der Waals surface area contributed by atoms with E-state index in [0.29, 0.717) is 5.56 Å². The summed E-state index contributed by atoms with van der Waals surface area (Å²) in [6, 6.07) is 20.1. The second-order valence-corrected chi connectivity index (χ2v) is 6.04. The van der Waals surface area contributed by atoms with E-state index in [1.54, 1.807) is 18.2 Å². The first kappa shape index (κ1) is 13.2. The lowest BCUT2D eigenvalue weighted by Gasteiger charge is -2.11. The van der Waals surface area contributed by atoms with Crippen molar-refractivity contribution in [1.29, 1.82) is 0 Å². The van der Waals surface area contributed by atoms with E-state index >= 15 is 0 Å². The summed E-state index contributed by atoms with van der Waals surface area (Å²) in [5, 5.41) is 2.16. The van der Waals surface area contributed by atoms with Crippen LogP contribution >= 0.6 is 0 Å². The third-order valence-electron chi connectivity index (χ3n) is 3.23. The van der Waals surface area contributed by atoms with Gasteiger partial charge in [0.05, 0.1) is 0 Å². The molecule has 0 radical (unpaired) electrons. The molecule has 3 aromatic carbocycles. The summed E-state index contributed by atoms with van der Waals surface area (Å²) in [5.74, 6) is -0.105. The Morgan fingerprint density at radius 3 is 2.35 bits per heavy atom. The van der Waals surface area contributed by atoms with Crippen molar-refractivity contribution in [3.63, 3.8) is 0 Å². The first-order valence-electron chi connectivity index (χ1n) is 6.34. The molecule has 0 aliphatic carbocycles. The molecule has 0 heterocycles. The van der Waals surface area contributed by atoms with Crippen molar-refractivity contribution in [2.75, 3.05) is 0 Å². The minimum absolute atomic E-state index is 0.199. The lowest BCUT2D eigenvalue weighted by molar-refractivity contribution is 0.586. The Hall–Kier alpha value is -1.84. The first-order chi connectivity index (χ1) is 9.74. The molecule has 0 amide bonds. The lowest BCUT2D eigenvalue weighted by atomic mass is 10.1. The van der Waals surface area contributed by atoms with Gasteiger partial charge in [0.1, 0.15) is 11.6 Å². The molecule has 0 aliphatic heterocycles. The van der Waals surface area contributed by atoms with E-state index < -0.39 is 11.2 Å². The van der Waals surface area contributed by atoms with Crippen LogP contribution in [0.25, 0.3) is 10.8 Å². The van der Waals surface area contributed by atoms with Crippen molar-refractivity contribution in [3.8, 4) is 0 Å². The van der Waals surface area contributed by atoms with E-state index in [0.717, 1.165) is 15.7 Å². The van der Waals surface area contributed by atoms with Gasteiger partial charge in [0.2, 0.25) is 0 Å². The van der Waals surface area contributed by atoms with E-state index in [1.807, 2.05) is 42.5 Å². The van der Waals surface area contributed by atoms with Crippen LogP contribution in [0, 0.1) is 5.82 Å². The van der Waals surface area contributed by atoms with Crippen molar-refractivity contribution in [2.45, 2.75) is 10.6 Å². The number of fused-ring (bicyclic) bond motifs is 1. The number of hydrogen-bond acceptors (Lipinski definition) is 1. The maximum Gasteiger partial charge on any atom is 0.153 e. The summed E-state index contributed by atoms with van der Waals surface area (Å²) in [5.41, 5.74) is 0.485. The maximum atomic E-state index is 13.6. The molecule has 0 fully saturated rings. The molecule has 0 bridgehead atoms. The number of halogens is 1. The molecule has 1 nitrogen and oxygen atoms in total. The fourth-order valence-corrected chi connectivity index (χ4v) is 3.31. The lowest BCUT2D eigenvalue weighted by Crippen LogP contribution is -2.06. The molecular formula is C17H13FOS. The highest BCUT2D eigenvalue weighted by Crippen LogP contribution is 2.22. The van der Waals surface area contributed by atoms with Crippen LogP contribution in [0.3, 0.4) is 0 Å². The fraction of sp³-hybridized carbons (Fsp3) is 0.0588. The molecule has 0 saturated carbocycles. The van der Waals surface area contributed by atoms with Gasteiger partial charge in [-0.05, 0) is 40.1 Å². The summed E-state index contributed by atoms with van der Waals surface area (Å²) in [7, 11) is 0. The van der Waals surface area contributed by atoms with Crippen LogP contribution in [0.4, 0.5) is 4.39 Å². The minimum Gasteiger partial charge on any atom is -0.611 e. The molecule has 0 saturated heterocycles. The van der Waals surface area contributed by atoms with Crippen molar-refractivity contribution in [3.05, 3.63) is 78.1 Å². The smallest absolute Gasteiger partial charge is 0.153 e. The van der Waals surface area contributed by atoms with Gasteiger partial charge in [-0.15, -0.1) is 0 Å². The average Bonchev–Trinajstić information content (AvgIpc) is 2.49. The van der Waals surface area contributed by atoms with Gasteiger partial charge in [-0.3, -0.25) is 0 Å². The highest BCUT2D eigenvalue weighted by atomic mass is 32.2. The third-order valence-corrected chi connectivity index (χ3v) is 4.58. The Morgan fingerprint density at radius 1 is 0.850 bits per heavy atom. The zero-order chi connectivity index (χ0) is 13.9. The van der Waals surface area contributed by atoms with Crippen molar-refractivity contribution in [1.82, 2.24) is 0 Å². The summed E-state index contributed by atoms with van der Waals surface area (Å²) >= 11 is -1.24. The van der Waals surface area contributed by atoms with Crippen molar-refractivity contribution in [2.24, 2.45) is 0 Å². The summed E-state index contributed by atoms with van der Waals surface area (Å²) < 4.78 is 25.9. The zero-order valence-electron chi connectivity index (χ0n) is 10.8. The van der Waals surface area contributed by atoms with E-state index in [1.165, 1.54) is 6.07 Å². The number of rotatable bonds is 3. The average molecular weight is 284 g/mol. The molecule has 0 N–H and O–H groups in total. The molecular weight excluding hydrogens is 271 g/mol. The van der Waals surface area contributed by atoms with Crippen LogP contribution in [0.2, 0.25) is 0 Å². The Morgan fingerprint density at radius 2 is 1.55 bits per heavy atom. The van der Waals surface area contributed by atoms with Gasteiger partial charge in [0, 0.05) is 11.6 Å². The minimum atomic E-state index is -1.24. The molecule has 1 atom stereocenters. The van der Waals surface area contributed by atoms with Gasteiger partial charge in [0.15, 0.2) is 4.90 Å². The topological polar surface area (TPSA) is 23.1 Å². The Balaban J connectivity index is 1.89. The van der Waals surface area contributed by atoms with Gasteiger partial charge in [-0.25, -0.2) is 4.39 Å². The van der Waals surface area contributed by atoms with E-state index in [-0.39, 0.29) is 11.6 Å². The molecule has 0 aromatic heterocycles. The van der Waals surface area contributed by atoms with Crippen LogP contribution in [0.5, 0.6) is 0 Å². The van der Waals surface area contributed by atoms with E-state index in [2.05, 4.69) is 0 Å². The molecule has 3 aromatic rings. The maximum absolute atomic E-state index is 13.6. The van der Waals surface area contributed by atoms with Gasteiger partial charge >= 0.3 is 0 Å². The molecule has 3 rings (SSSR count). The van der Waals surface area contributed by atoms with Crippen molar-refractivity contribution >= 4 is 21.9 Å². The predicted octanol–water partition coefficient (Wildman–Crippen LogP) is 4.29. The van der Waals surface area contributed by atoms with Crippen LogP contribution in [-0.4, -0.2) is 4.55 Å². The summed E-state index contributed by atoms with van der Waals surface area (Å²) in [6.07, 6.45) is 0. The number of hydrogen-bond donors (Lipinski definition) is 0. The second kappa shape index (κ2) is 5.65. The van der Waals surface area contributed by atoms with Crippen LogP contribution in [0.1, 0.15) is 5.56 Å². The second-order valence-electron chi connectivity index (χ2n) is 4.59. The molecule has 100 valence electrons. The van der Waals surface area contributed by atoms with Gasteiger partial charge in [-0.2, -0.15) is 0 Å². The molecule has 3 heteroatoms.